The molecular weight excluding hydrogens is 212 g/mol. The fourth-order valence-corrected chi connectivity index (χ4v) is 3.07. The Kier molecular flexibility index (Phi) is 4.83. The maximum atomic E-state index is 10.0. The molecule has 0 aliphatic carbocycles. The zero-order chi connectivity index (χ0) is 12.1. The summed E-state index contributed by atoms with van der Waals surface area (Å²) in [4.78, 5) is 5.13. The van der Waals surface area contributed by atoms with E-state index < -0.39 is 5.60 Å². The molecule has 0 amide bonds. The maximum absolute atomic E-state index is 10.0. The Morgan fingerprint density at radius 3 is 2.18 bits per heavy atom. The first-order valence-corrected chi connectivity index (χ1v) is 7.33. The highest BCUT2D eigenvalue weighted by molar-refractivity contribution is 4.79. The summed E-state index contributed by atoms with van der Waals surface area (Å²) < 4.78 is 0. The van der Waals surface area contributed by atoms with Gasteiger partial charge in [-0.25, -0.2) is 0 Å². The van der Waals surface area contributed by atoms with Gasteiger partial charge in [-0.15, -0.1) is 0 Å². The molecule has 100 valence electrons. The first kappa shape index (κ1) is 13.3. The number of likely N-dealkylation sites (tertiary alicyclic amines) is 2. The number of rotatable bonds is 4. The second-order valence-electron chi connectivity index (χ2n) is 6.09. The van der Waals surface area contributed by atoms with Crippen molar-refractivity contribution in [3.63, 3.8) is 0 Å². The van der Waals surface area contributed by atoms with E-state index in [1.54, 1.807) is 0 Å². The van der Waals surface area contributed by atoms with Crippen LogP contribution in [0.15, 0.2) is 0 Å². The average molecular weight is 240 g/mol. The molecule has 1 N–H and O–H groups in total. The summed E-state index contributed by atoms with van der Waals surface area (Å²) >= 11 is 0. The largest absolute Gasteiger partial charge is 0.390 e. The van der Waals surface area contributed by atoms with E-state index in [4.69, 9.17) is 0 Å². The van der Waals surface area contributed by atoms with Crippen LogP contribution in [0.4, 0.5) is 0 Å². The van der Waals surface area contributed by atoms with Gasteiger partial charge in [0.15, 0.2) is 0 Å². The smallest absolute Gasteiger partial charge is 0.0632 e. The molecule has 0 aromatic rings. The van der Waals surface area contributed by atoms with Gasteiger partial charge in [-0.3, -0.25) is 0 Å². The minimum atomic E-state index is -0.413. The summed E-state index contributed by atoms with van der Waals surface area (Å²) in [6.45, 7) is 9.35. The predicted octanol–water partition coefficient (Wildman–Crippen LogP) is 1.71. The van der Waals surface area contributed by atoms with Gasteiger partial charge in [0.05, 0.1) is 5.60 Å². The van der Waals surface area contributed by atoms with Crippen LogP contribution in [0.1, 0.15) is 45.4 Å². The predicted molar refractivity (Wildman–Crippen MR) is 71.2 cm³/mol. The van der Waals surface area contributed by atoms with Gasteiger partial charge in [-0.1, -0.05) is 0 Å². The molecule has 1 unspecified atom stereocenters. The minimum Gasteiger partial charge on any atom is -0.390 e. The molecule has 2 heterocycles. The Morgan fingerprint density at radius 2 is 1.47 bits per heavy atom. The van der Waals surface area contributed by atoms with Crippen LogP contribution in [0.2, 0.25) is 0 Å². The van der Waals surface area contributed by atoms with Gasteiger partial charge in [-0.2, -0.15) is 0 Å². The molecule has 17 heavy (non-hydrogen) atoms. The molecule has 2 fully saturated rings. The molecule has 0 aromatic carbocycles. The van der Waals surface area contributed by atoms with Crippen molar-refractivity contribution in [2.24, 2.45) is 0 Å². The van der Waals surface area contributed by atoms with Gasteiger partial charge in [0.2, 0.25) is 0 Å². The normalized spacial score (nSPS) is 32.8. The second kappa shape index (κ2) is 6.17. The van der Waals surface area contributed by atoms with Crippen molar-refractivity contribution in [2.75, 3.05) is 39.3 Å². The van der Waals surface area contributed by atoms with Crippen molar-refractivity contribution in [3.05, 3.63) is 0 Å². The Hall–Kier alpha value is -0.120. The summed E-state index contributed by atoms with van der Waals surface area (Å²) in [6.07, 6.45) is 7.14. The third-order valence-corrected chi connectivity index (χ3v) is 4.30. The zero-order valence-corrected chi connectivity index (χ0v) is 11.3. The van der Waals surface area contributed by atoms with E-state index in [0.29, 0.717) is 0 Å². The lowest BCUT2D eigenvalue weighted by atomic mass is 9.98. The SMILES string of the molecule is CC1(O)CCCN(CCCN2CCCC2)CC1. The monoisotopic (exact) mass is 240 g/mol. The van der Waals surface area contributed by atoms with E-state index in [1.807, 2.05) is 6.92 Å². The molecule has 1 atom stereocenters. The summed E-state index contributed by atoms with van der Waals surface area (Å²) in [5.74, 6) is 0. The van der Waals surface area contributed by atoms with Crippen molar-refractivity contribution in [2.45, 2.75) is 51.0 Å². The summed E-state index contributed by atoms with van der Waals surface area (Å²) in [6, 6.07) is 0. The third-order valence-electron chi connectivity index (χ3n) is 4.30. The number of hydrogen-bond donors (Lipinski definition) is 1. The van der Waals surface area contributed by atoms with Crippen molar-refractivity contribution in [1.29, 1.82) is 0 Å². The molecule has 0 aromatic heterocycles. The Morgan fingerprint density at radius 1 is 0.882 bits per heavy atom. The van der Waals surface area contributed by atoms with E-state index in [2.05, 4.69) is 9.80 Å². The molecule has 0 radical (unpaired) electrons. The molecular formula is C14H28N2O. The Bertz CT molecular complexity index is 224. The molecule has 2 aliphatic rings. The van der Waals surface area contributed by atoms with Gasteiger partial charge in [0.1, 0.15) is 0 Å². The van der Waals surface area contributed by atoms with Crippen LogP contribution < -0.4 is 0 Å². The summed E-state index contributed by atoms with van der Waals surface area (Å²) in [5.41, 5.74) is -0.413. The zero-order valence-electron chi connectivity index (χ0n) is 11.3. The van der Waals surface area contributed by atoms with Gasteiger partial charge < -0.3 is 14.9 Å². The molecule has 2 rings (SSSR count). The number of hydrogen-bond acceptors (Lipinski definition) is 3. The van der Waals surface area contributed by atoms with Crippen LogP contribution in [0.3, 0.4) is 0 Å². The van der Waals surface area contributed by atoms with E-state index in [1.165, 1.54) is 52.0 Å². The summed E-state index contributed by atoms with van der Waals surface area (Å²) in [5, 5.41) is 10.0. The maximum Gasteiger partial charge on any atom is 0.0632 e. The van der Waals surface area contributed by atoms with E-state index in [-0.39, 0.29) is 0 Å². The molecule has 3 heteroatoms. The Balaban J connectivity index is 1.62. The summed E-state index contributed by atoms with van der Waals surface area (Å²) in [7, 11) is 0. The van der Waals surface area contributed by atoms with E-state index in [0.717, 1.165) is 25.8 Å². The highest BCUT2D eigenvalue weighted by atomic mass is 16.3. The minimum absolute atomic E-state index is 0.413. The van der Waals surface area contributed by atoms with Crippen LogP contribution in [-0.2, 0) is 0 Å². The van der Waals surface area contributed by atoms with Gasteiger partial charge in [0, 0.05) is 6.54 Å². The van der Waals surface area contributed by atoms with Crippen molar-refractivity contribution in [1.82, 2.24) is 9.80 Å². The van der Waals surface area contributed by atoms with Gasteiger partial charge in [0.25, 0.3) is 0 Å². The quantitative estimate of drug-likeness (QED) is 0.810. The lowest BCUT2D eigenvalue weighted by Gasteiger charge is -2.23. The lowest BCUT2D eigenvalue weighted by molar-refractivity contribution is 0.0446. The van der Waals surface area contributed by atoms with Crippen LogP contribution in [0.5, 0.6) is 0 Å². The molecule has 0 spiro atoms. The highest BCUT2D eigenvalue weighted by Crippen LogP contribution is 2.21. The van der Waals surface area contributed by atoms with Crippen molar-refractivity contribution >= 4 is 0 Å². The number of aliphatic hydroxyl groups is 1. The third kappa shape index (κ3) is 4.57. The first-order chi connectivity index (χ1) is 8.16. The molecule has 3 nitrogen and oxygen atoms in total. The van der Waals surface area contributed by atoms with Gasteiger partial charge in [-0.05, 0) is 78.2 Å². The van der Waals surface area contributed by atoms with Gasteiger partial charge >= 0.3 is 0 Å². The average Bonchev–Trinajstić information content (AvgIpc) is 2.72. The second-order valence-corrected chi connectivity index (χ2v) is 6.09. The fourth-order valence-electron chi connectivity index (χ4n) is 3.07. The van der Waals surface area contributed by atoms with Crippen LogP contribution >= 0.6 is 0 Å². The van der Waals surface area contributed by atoms with Crippen LogP contribution in [0.25, 0.3) is 0 Å². The van der Waals surface area contributed by atoms with Crippen LogP contribution in [0, 0.1) is 0 Å². The topological polar surface area (TPSA) is 26.7 Å². The van der Waals surface area contributed by atoms with Crippen molar-refractivity contribution < 1.29 is 5.11 Å². The first-order valence-electron chi connectivity index (χ1n) is 7.33. The van der Waals surface area contributed by atoms with Crippen LogP contribution in [-0.4, -0.2) is 59.8 Å². The molecule has 2 saturated heterocycles. The van der Waals surface area contributed by atoms with Crippen molar-refractivity contribution in [3.8, 4) is 0 Å². The standard InChI is InChI=1S/C14H28N2O/c1-14(17)6-4-10-16(13-7-14)12-5-11-15-8-2-3-9-15/h17H,2-13H2,1H3. The molecule has 2 aliphatic heterocycles. The fraction of sp³-hybridized carbons (Fsp3) is 1.00. The lowest BCUT2D eigenvalue weighted by Crippen LogP contribution is -2.31. The molecule has 0 bridgehead atoms. The van der Waals surface area contributed by atoms with E-state index >= 15 is 0 Å². The molecule has 0 saturated carbocycles. The van der Waals surface area contributed by atoms with E-state index in [9.17, 15) is 5.11 Å². The highest BCUT2D eigenvalue weighted by Gasteiger charge is 2.24. The number of nitrogens with zero attached hydrogens (tertiary/aromatic N) is 2. The Labute approximate surface area is 106 Å².